The van der Waals surface area contributed by atoms with Crippen LogP contribution in [0.4, 0.5) is 0 Å². The quantitative estimate of drug-likeness (QED) is 0.848. The van der Waals surface area contributed by atoms with Crippen molar-refractivity contribution in [2.75, 3.05) is 19.6 Å². The van der Waals surface area contributed by atoms with Gasteiger partial charge in [0.2, 0.25) is 0 Å². The summed E-state index contributed by atoms with van der Waals surface area (Å²) < 4.78 is 1.76. The van der Waals surface area contributed by atoms with Crippen LogP contribution in [0.15, 0.2) is 6.33 Å². The lowest BCUT2D eigenvalue weighted by Gasteiger charge is -2.48. The molecule has 1 N–H and O–H groups in total. The zero-order chi connectivity index (χ0) is 13.2. The van der Waals surface area contributed by atoms with Crippen molar-refractivity contribution in [1.82, 2.24) is 25.1 Å². The number of piperidine rings is 1. The highest BCUT2D eigenvalue weighted by atomic mass is 16.3. The molecule has 1 aliphatic heterocycles. The number of likely N-dealkylation sites (tertiary alicyclic amines) is 1. The Labute approximate surface area is 108 Å². The fraction of sp³-hybridized carbons (Fsp3) is 0.917. The molecule has 0 spiro atoms. The molecule has 1 atom stereocenters. The Morgan fingerprint density at radius 2 is 2.06 bits per heavy atom. The molecule has 0 amide bonds. The summed E-state index contributed by atoms with van der Waals surface area (Å²) in [5.74, 6) is 0. The third-order valence-corrected chi connectivity index (χ3v) is 4.24. The van der Waals surface area contributed by atoms with Crippen molar-refractivity contribution in [1.29, 1.82) is 0 Å². The van der Waals surface area contributed by atoms with Crippen LogP contribution >= 0.6 is 0 Å². The minimum atomic E-state index is -0.556. The van der Waals surface area contributed by atoms with E-state index >= 15 is 0 Å². The van der Waals surface area contributed by atoms with E-state index in [-0.39, 0.29) is 5.41 Å². The van der Waals surface area contributed by atoms with Crippen molar-refractivity contribution in [3.8, 4) is 0 Å². The summed E-state index contributed by atoms with van der Waals surface area (Å²) in [4.78, 5) is 2.42. The summed E-state index contributed by atoms with van der Waals surface area (Å²) in [6.45, 7) is 10.0. The highest BCUT2D eigenvalue weighted by Crippen LogP contribution is 2.37. The van der Waals surface area contributed by atoms with E-state index in [1.54, 1.807) is 11.0 Å². The van der Waals surface area contributed by atoms with Crippen LogP contribution in [-0.2, 0) is 6.54 Å². The van der Waals surface area contributed by atoms with Crippen molar-refractivity contribution >= 4 is 0 Å². The Kier molecular flexibility index (Phi) is 3.68. The molecule has 0 radical (unpaired) electrons. The Bertz CT molecular complexity index is 374. The van der Waals surface area contributed by atoms with Gasteiger partial charge in [0.15, 0.2) is 0 Å². The number of aromatic nitrogens is 4. The zero-order valence-electron chi connectivity index (χ0n) is 11.5. The van der Waals surface area contributed by atoms with E-state index in [2.05, 4.69) is 34.3 Å². The van der Waals surface area contributed by atoms with Crippen molar-refractivity contribution in [3.63, 3.8) is 0 Å². The Morgan fingerprint density at radius 3 is 2.67 bits per heavy atom. The van der Waals surface area contributed by atoms with E-state index < -0.39 is 5.60 Å². The number of rotatable bonds is 4. The predicted molar refractivity (Wildman–Crippen MR) is 67.9 cm³/mol. The van der Waals surface area contributed by atoms with Gasteiger partial charge >= 0.3 is 0 Å². The average molecular weight is 253 g/mol. The summed E-state index contributed by atoms with van der Waals surface area (Å²) >= 11 is 0. The van der Waals surface area contributed by atoms with Crippen LogP contribution in [0.3, 0.4) is 0 Å². The molecular weight excluding hydrogens is 230 g/mol. The van der Waals surface area contributed by atoms with Gasteiger partial charge in [-0.25, -0.2) is 4.68 Å². The van der Waals surface area contributed by atoms with Crippen molar-refractivity contribution in [3.05, 3.63) is 6.33 Å². The van der Waals surface area contributed by atoms with Gasteiger partial charge in [0, 0.05) is 25.0 Å². The lowest BCUT2D eigenvalue weighted by Crippen LogP contribution is -2.55. The van der Waals surface area contributed by atoms with Crippen molar-refractivity contribution in [2.45, 2.75) is 45.8 Å². The van der Waals surface area contributed by atoms with E-state index in [1.807, 2.05) is 6.92 Å². The lowest BCUT2D eigenvalue weighted by atomic mass is 9.71. The Hall–Kier alpha value is -1.01. The molecule has 6 heteroatoms. The maximum absolute atomic E-state index is 10.3. The predicted octanol–water partition coefficient (Wildman–Crippen LogP) is 0.546. The second kappa shape index (κ2) is 4.93. The normalized spacial score (nSPS) is 28.4. The summed E-state index contributed by atoms with van der Waals surface area (Å²) in [7, 11) is 0. The van der Waals surface area contributed by atoms with Gasteiger partial charge in [-0.1, -0.05) is 13.8 Å². The van der Waals surface area contributed by atoms with Crippen LogP contribution in [0, 0.1) is 5.41 Å². The van der Waals surface area contributed by atoms with Gasteiger partial charge in [0.1, 0.15) is 6.33 Å². The maximum Gasteiger partial charge on any atom is 0.138 e. The van der Waals surface area contributed by atoms with E-state index in [4.69, 9.17) is 0 Å². The number of aliphatic hydroxyl groups is 1. The van der Waals surface area contributed by atoms with Gasteiger partial charge in [-0.05, 0) is 36.7 Å². The smallest absolute Gasteiger partial charge is 0.138 e. The standard InChI is InChI=1S/C12H23N5O/c1-11(2)9-16(8-5-12(11,3)18)6-4-7-17-10-13-14-15-17/h10,18H,4-9H2,1-3H3/t12-/m0/s1. The second-order valence-corrected chi connectivity index (χ2v) is 6.11. The monoisotopic (exact) mass is 253 g/mol. The fourth-order valence-corrected chi connectivity index (χ4v) is 2.45. The molecule has 0 saturated carbocycles. The highest BCUT2D eigenvalue weighted by molar-refractivity contribution is 4.96. The first-order chi connectivity index (χ1) is 8.41. The largest absolute Gasteiger partial charge is 0.390 e. The van der Waals surface area contributed by atoms with Crippen molar-refractivity contribution < 1.29 is 5.11 Å². The summed E-state index contributed by atoms with van der Waals surface area (Å²) in [5.41, 5.74) is -0.612. The Morgan fingerprint density at radius 1 is 1.28 bits per heavy atom. The molecule has 0 aliphatic carbocycles. The van der Waals surface area contributed by atoms with Crippen LogP contribution in [0.5, 0.6) is 0 Å². The minimum absolute atomic E-state index is 0.0555. The summed E-state index contributed by atoms with van der Waals surface area (Å²) in [5, 5.41) is 21.4. The second-order valence-electron chi connectivity index (χ2n) is 6.11. The fourth-order valence-electron chi connectivity index (χ4n) is 2.45. The first-order valence-electron chi connectivity index (χ1n) is 6.56. The van der Waals surface area contributed by atoms with E-state index in [9.17, 15) is 5.11 Å². The molecule has 0 unspecified atom stereocenters. The zero-order valence-corrected chi connectivity index (χ0v) is 11.5. The van der Waals surface area contributed by atoms with Gasteiger partial charge in [-0.15, -0.1) is 5.10 Å². The number of hydrogen-bond donors (Lipinski definition) is 1. The molecule has 0 bridgehead atoms. The molecule has 1 aliphatic rings. The summed E-state index contributed by atoms with van der Waals surface area (Å²) in [6.07, 6.45) is 3.51. The van der Waals surface area contributed by atoms with E-state index in [0.717, 1.165) is 39.0 Å². The first kappa shape index (κ1) is 13.4. The molecule has 1 aromatic heterocycles. The average Bonchev–Trinajstić information content (AvgIpc) is 2.76. The van der Waals surface area contributed by atoms with Gasteiger partial charge in [-0.3, -0.25) is 0 Å². The molecule has 6 nitrogen and oxygen atoms in total. The molecule has 0 aromatic carbocycles. The first-order valence-corrected chi connectivity index (χ1v) is 6.56. The maximum atomic E-state index is 10.3. The number of hydrogen-bond acceptors (Lipinski definition) is 5. The minimum Gasteiger partial charge on any atom is -0.390 e. The molecule has 1 saturated heterocycles. The van der Waals surface area contributed by atoms with Crippen LogP contribution in [-0.4, -0.2) is 55.4 Å². The molecular formula is C12H23N5O. The lowest BCUT2D eigenvalue weighted by molar-refractivity contribution is -0.105. The van der Waals surface area contributed by atoms with Crippen molar-refractivity contribution in [2.24, 2.45) is 5.41 Å². The van der Waals surface area contributed by atoms with Crippen LogP contribution in [0.1, 0.15) is 33.6 Å². The molecule has 2 heterocycles. The van der Waals surface area contributed by atoms with Gasteiger partial charge in [0.25, 0.3) is 0 Å². The Balaban J connectivity index is 1.78. The third-order valence-electron chi connectivity index (χ3n) is 4.24. The molecule has 1 fully saturated rings. The highest BCUT2D eigenvalue weighted by Gasteiger charge is 2.43. The van der Waals surface area contributed by atoms with Crippen LogP contribution < -0.4 is 0 Å². The molecule has 1 aromatic rings. The van der Waals surface area contributed by atoms with Crippen LogP contribution in [0.25, 0.3) is 0 Å². The SMILES string of the molecule is CC1(C)CN(CCCn2cnnn2)CC[C@]1(C)O. The molecule has 102 valence electrons. The van der Waals surface area contributed by atoms with Gasteiger partial charge in [-0.2, -0.15) is 0 Å². The number of aryl methyl sites for hydroxylation is 1. The van der Waals surface area contributed by atoms with Gasteiger partial charge < -0.3 is 10.0 Å². The number of nitrogens with zero attached hydrogens (tertiary/aromatic N) is 5. The van der Waals surface area contributed by atoms with E-state index in [1.165, 1.54) is 0 Å². The van der Waals surface area contributed by atoms with E-state index in [0.29, 0.717) is 0 Å². The third kappa shape index (κ3) is 2.87. The van der Waals surface area contributed by atoms with Crippen LogP contribution in [0.2, 0.25) is 0 Å². The topological polar surface area (TPSA) is 67.1 Å². The molecule has 2 rings (SSSR count). The van der Waals surface area contributed by atoms with Gasteiger partial charge in [0.05, 0.1) is 5.60 Å². The summed E-state index contributed by atoms with van der Waals surface area (Å²) in [6, 6.07) is 0. The molecule has 18 heavy (non-hydrogen) atoms. The number of tetrazole rings is 1.